The van der Waals surface area contributed by atoms with E-state index in [1.54, 1.807) is 18.3 Å². The molecule has 2 aromatic rings. The summed E-state index contributed by atoms with van der Waals surface area (Å²) in [6.45, 7) is 1.29. The molecule has 4 amide bonds. The number of carbonyl (C=O) groups excluding carboxylic acids is 4. The van der Waals surface area contributed by atoms with Crippen LogP contribution in [0.3, 0.4) is 0 Å². The molecule has 200 valence electrons. The molecule has 2 rings (SSSR count). The highest BCUT2D eigenvalue weighted by Crippen LogP contribution is 2.19. The number of aliphatic carboxylic acids is 2. The topological polar surface area (TPSA) is 247 Å². The van der Waals surface area contributed by atoms with E-state index in [1.807, 2.05) is 12.1 Å². The molecule has 1 aromatic carbocycles. The fourth-order valence-corrected chi connectivity index (χ4v) is 3.50. The number of carboxylic acids is 2. The monoisotopic (exact) mass is 518 g/mol. The zero-order chi connectivity index (χ0) is 27.7. The summed E-state index contributed by atoms with van der Waals surface area (Å²) in [4.78, 5) is 74.5. The van der Waals surface area contributed by atoms with Gasteiger partial charge in [0.05, 0.1) is 12.5 Å². The fraction of sp³-hybridized carbons (Fsp3) is 0.391. The number of primary amides is 1. The van der Waals surface area contributed by atoms with Crippen LogP contribution in [0.4, 0.5) is 0 Å². The Morgan fingerprint density at radius 3 is 2.22 bits per heavy atom. The second kappa shape index (κ2) is 13.0. The Balaban J connectivity index is 2.06. The second-order valence-corrected chi connectivity index (χ2v) is 8.46. The van der Waals surface area contributed by atoms with Crippen molar-refractivity contribution in [1.29, 1.82) is 0 Å². The molecule has 0 aliphatic rings. The van der Waals surface area contributed by atoms with Crippen molar-refractivity contribution in [3.05, 3.63) is 36.0 Å². The third-order valence-corrected chi connectivity index (χ3v) is 5.51. The number of H-pyrrole nitrogens is 1. The molecule has 10 N–H and O–H groups in total. The van der Waals surface area contributed by atoms with Crippen molar-refractivity contribution in [3.8, 4) is 0 Å². The number of hydrogen-bond acceptors (Lipinski definition) is 7. The van der Waals surface area contributed by atoms with Crippen LogP contribution >= 0.6 is 0 Å². The molecule has 1 aromatic heterocycles. The van der Waals surface area contributed by atoms with E-state index < -0.39 is 66.2 Å². The van der Waals surface area contributed by atoms with E-state index >= 15 is 0 Å². The van der Waals surface area contributed by atoms with E-state index in [9.17, 15) is 33.9 Å². The molecule has 0 fully saturated rings. The summed E-state index contributed by atoms with van der Waals surface area (Å²) in [6.07, 6.45) is 0.411. The smallest absolute Gasteiger partial charge is 0.326 e. The van der Waals surface area contributed by atoms with Gasteiger partial charge in [0, 0.05) is 29.9 Å². The van der Waals surface area contributed by atoms with Gasteiger partial charge in [-0.05, 0) is 25.0 Å². The van der Waals surface area contributed by atoms with Gasteiger partial charge >= 0.3 is 11.9 Å². The number of aromatic nitrogens is 1. The molecule has 1 heterocycles. The maximum Gasteiger partial charge on any atom is 0.326 e. The molecule has 0 bridgehead atoms. The third-order valence-electron chi connectivity index (χ3n) is 5.51. The number of hydrogen-bond donors (Lipinski definition) is 8. The number of para-hydroxylation sites is 1. The first-order chi connectivity index (χ1) is 17.4. The molecule has 0 radical (unpaired) electrons. The molecule has 0 aliphatic heterocycles. The van der Waals surface area contributed by atoms with E-state index in [4.69, 9.17) is 16.6 Å². The van der Waals surface area contributed by atoms with Crippen LogP contribution in [0.2, 0.25) is 0 Å². The second-order valence-electron chi connectivity index (χ2n) is 8.46. The molecule has 37 heavy (non-hydrogen) atoms. The lowest BCUT2D eigenvalue weighted by Crippen LogP contribution is -2.57. The number of nitrogens with one attached hydrogen (secondary N) is 4. The van der Waals surface area contributed by atoms with Crippen LogP contribution in [-0.2, 0) is 35.2 Å². The lowest BCUT2D eigenvalue weighted by Gasteiger charge is -2.23. The quantitative estimate of drug-likeness (QED) is 0.142. The van der Waals surface area contributed by atoms with Gasteiger partial charge in [-0.3, -0.25) is 24.0 Å². The van der Waals surface area contributed by atoms with Crippen LogP contribution in [0.1, 0.15) is 31.7 Å². The summed E-state index contributed by atoms with van der Waals surface area (Å²) in [5.41, 5.74) is 12.2. The molecule has 14 nitrogen and oxygen atoms in total. The molecule has 14 heteroatoms. The maximum atomic E-state index is 12.9. The molecular weight excluding hydrogens is 488 g/mol. The lowest BCUT2D eigenvalue weighted by atomic mass is 10.0. The Morgan fingerprint density at radius 1 is 0.946 bits per heavy atom. The van der Waals surface area contributed by atoms with E-state index in [2.05, 4.69) is 20.9 Å². The minimum Gasteiger partial charge on any atom is -0.481 e. The number of amides is 4. The Kier molecular flexibility index (Phi) is 10.1. The van der Waals surface area contributed by atoms with E-state index in [0.29, 0.717) is 5.56 Å². The van der Waals surface area contributed by atoms with Gasteiger partial charge in [0.25, 0.3) is 0 Å². The van der Waals surface area contributed by atoms with Crippen LogP contribution in [0.25, 0.3) is 10.9 Å². The molecular formula is C23H30N6O8. The van der Waals surface area contributed by atoms with Gasteiger partial charge in [-0.1, -0.05) is 18.2 Å². The van der Waals surface area contributed by atoms with Crippen LogP contribution < -0.4 is 27.4 Å². The van der Waals surface area contributed by atoms with Crippen molar-refractivity contribution in [2.75, 3.05) is 0 Å². The number of aromatic amines is 1. The summed E-state index contributed by atoms with van der Waals surface area (Å²) in [6, 6.07) is 1.89. The fourth-order valence-electron chi connectivity index (χ4n) is 3.50. The van der Waals surface area contributed by atoms with Crippen LogP contribution in [-0.4, -0.2) is 74.9 Å². The van der Waals surface area contributed by atoms with Crippen LogP contribution in [0.5, 0.6) is 0 Å². The first-order valence-electron chi connectivity index (χ1n) is 11.3. The minimum absolute atomic E-state index is 0.0803. The average molecular weight is 519 g/mol. The normalized spacial score (nSPS) is 14.1. The van der Waals surface area contributed by atoms with Gasteiger partial charge < -0.3 is 42.6 Å². The Morgan fingerprint density at radius 2 is 1.59 bits per heavy atom. The number of fused-ring (bicyclic) bond motifs is 1. The van der Waals surface area contributed by atoms with Crippen molar-refractivity contribution in [2.45, 2.75) is 56.8 Å². The first kappa shape index (κ1) is 28.8. The van der Waals surface area contributed by atoms with Gasteiger partial charge in [0.2, 0.25) is 23.6 Å². The SMILES string of the molecule is CC(NC(=O)C(N)CCC(=O)O)C(=O)NC(CC(N)=O)C(=O)NC(Cc1c[nH]c2ccccc12)C(=O)O. The standard InChI is InChI=1S/C23H30N6O8/c1-11(27-21(34)14(24)6-7-19(31)32)20(33)28-16(9-18(25)30)22(35)29-17(23(36)37)8-12-10-26-15-5-3-2-4-13(12)15/h2-5,10-11,14,16-17,26H,6-9,24H2,1H3,(H2,25,30)(H,27,34)(H,28,33)(H,29,35)(H,31,32)(H,36,37). The average Bonchev–Trinajstić information content (AvgIpc) is 3.23. The summed E-state index contributed by atoms with van der Waals surface area (Å²) >= 11 is 0. The summed E-state index contributed by atoms with van der Waals surface area (Å²) in [5.74, 6) is -6.03. The molecule has 4 atom stereocenters. The highest BCUT2D eigenvalue weighted by atomic mass is 16.4. The summed E-state index contributed by atoms with van der Waals surface area (Å²) in [5, 5.41) is 26.0. The minimum atomic E-state index is -1.52. The van der Waals surface area contributed by atoms with Crippen molar-refractivity contribution in [3.63, 3.8) is 0 Å². The number of carbonyl (C=O) groups is 6. The van der Waals surface area contributed by atoms with Gasteiger partial charge in [0.15, 0.2) is 0 Å². The van der Waals surface area contributed by atoms with E-state index in [1.165, 1.54) is 6.92 Å². The molecule has 0 saturated carbocycles. The van der Waals surface area contributed by atoms with Crippen LogP contribution in [0, 0.1) is 0 Å². The number of carboxylic acid groups (broad SMARTS) is 2. The van der Waals surface area contributed by atoms with Gasteiger partial charge in [-0.25, -0.2) is 4.79 Å². The summed E-state index contributed by atoms with van der Waals surface area (Å²) in [7, 11) is 0. The van der Waals surface area contributed by atoms with E-state index in [0.717, 1.165) is 10.9 Å². The van der Waals surface area contributed by atoms with E-state index in [-0.39, 0.29) is 19.3 Å². The first-order valence-corrected chi connectivity index (χ1v) is 11.3. The molecule has 0 aliphatic carbocycles. The Bertz CT molecular complexity index is 1180. The lowest BCUT2D eigenvalue weighted by molar-refractivity contribution is -0.142. The molecule has 4 unspecified atom stereocenters. The van der Waals surface area contributed by atoms with Gasteiger partial charge in [0.1, 0.15) is 18.1 Å². The predicted molar refractivity (Wildman–Crippen MR) is 130 cm³/mol. The summed E-state index contributed by atoms with van der Waals surface area (Å²) < 4.78 is 0. The zero-order valence-electron chi connectivity index (χ0n) is 20.0. The number of rotatable bonds is 14. The highest BCUT2D eigenvalue weighted by molar-refractivity contribution is 5.96. The number of benzene rings is 1. The zero-order valence-corrected chi connectivity index (χ0v) is 20.0. The third kappa shape index (κ3) is 8.61. The largest absolute Gasteiger partial charge is 0.481 e. The van der Waals surface area contributed by atoms with Crippen molar-refractivity contribution in [1.82, 2.24) is 20.9 Å². The Hall–Kier alpha value is -4.46. The van der Waals surface area contributed by atoms with Gasteiger partial charge in [-0.15, -0.1) is 0 Å². The maximum absolute atomic E-state index is 12.9. The number of nitrogens with two attached hydrogens (primary N) is 2. The Labute approximate surface area is 211 Å². The predicted octanol–water partition coefficient (Wildman–Crippen LogP) is -1.66. The van der Waals surface area contributed by atoms with Crippen molar-refractivity contribution < 1.29 is 39.0 Å². The van der Waals surface area contributed by atoms with Gasteiger partial charge in [-0.2, -0.15) is 0 Å². The molecule has 0 saturated heterocycles. The molecule has 0 spiro atoms. The highest BCUT2D eigenvalue weighted by Gasteiger charge is 2.30. The van der Waals surface area contributed by atoms with Crippen molar-refractivity contribution in [2.24, 2.45) is 11.5 Å². The van der Waals surface area contributed by atoms with Crippen molar-refractivity contribution >= 4 is 46.5 Å². The van der Waals surface area contributed by atoms with Crippen LogP contribution in [0.15, 0.2) is 30.5 Å².